The molecule has 1 amide bonds. The number of carboxylic acids is 1. The first-order valence-electron chi connectivity index (χ1n) is 11.7. The van der Waals surface area contributed by atoms with Crippen molar-refractivity contribution >= 4 is 21.9 Å². The molecule has 2 N–H and O–H groups in total. The highest BCUT2D eigenvalue weighted by Gasteiger charge is 2.40. The van der Waals surface area contributed by atoms with Crippen LogP contribution in [0.25, 0.3) is 0 Å². The van der Waals surface area contributed by atoms with E-state index in [1.807, 2.05) is 31.2 Å². The molecule has 3 rings (SSSR count). The van der Waals surface area contributed by atoms with Gasteiger partial charge in [-0.2, -0.15) is 4.31 Å². The van der Waals surface area contributed by atoms with E-state index >= 15 is 0 Å². The fraction of sp³-hybridized carbons (Fsp3) is 0.462. The number of sulfonamides is 1. The van der Waals surface area contributed by atoms with Gasteiger partial charge in [-0.15, -0.1) is 0 Å². The molecule has 184 valence electrons. The molecule has 1 aliphatic heterocycles. The van der Waals surface area contributed by atoms with Gasteiger partial charge in [0.25, 0.3) is 0 Å². The molecule has 1 unspecified atom stereocenters. The van der Waals surface area contributed by atoms with Gasteiger partial charge in [0.05, 0.1) is 4.90 Å². The van der Waals surface area contributed by atoms with Gasteiger partial charge >= 0.3 is 5.97 Å². The lowest BCUT2D eigenvalue weighted by molar-refractivity contribution is -0.142. The number of hydrogen-bond acceptors (Lipinski definition) is 4. The lowest BCUT2D eigenvalue weighted by Crippen LogP contribution is -2.55. The molecule has 0 saturated heterocycles. The first-order chi connectivity index (χ1) is 15.9. The fourth-order valence-corrected chi connectivity index (χ4v) is 5.74. The smallest absolute Gasteiger partial charge is 0.326 e. The number of carboxylic acid groups (broad SMARTS) is 1. The summed E-state index contributed by atoms with van der Waals surface area (Å²) in [6.45, 7) is 8.14. The number of benzene rings is 2. The van der Waals surface area contributed by atoms with Gasteiger partial charge in [-0.05, 0) is 47.1 Å². The second-order valence-corrected chi connectivity index (χ2v) is 11.7. The van der Waals surface area contributed by atoms with Gasteiger partial charge in [0.15, 0.2) is 0 Å². The average molecular weight is 487 g/mol. The Bertz CT molecular complexity index is 1140. The summed E-state index contributed by atoms with van der Waals surface area (Å²) in [5.41, 5.74) is 2.60. The van der Waals surface area contributed by atoms with Crippen molar-refractivity contribution in [1.82, 2.24) is 9.62 Å². The van der Waals surface area contributed by atoms with Crippen molar-refractivity contribution in [3.63, 3.8) is 0 Å². The molecule has 0 bridgehead atoms. The zero-order chi connectivity index (χ0) is 25.1. The van der Waals surface area contributed by atoms with Gasteiger partial charge in [-0.25, -0.2) is 13.2 Å². The molecule has 2 aromatic carbocycles. The quantitative estimate of drug-likeness (QED) is 0.590. The van der Waals surface area contributed by atoms with Gasteiger partial charge in [0, 0.05) is 6.54 Å². The second-order valence-electron chi connectivity index (χ2n) is 9.85. The Labute approximate surface area is 202 Å². The summed E-state index contributed by atoms with van der Waals surface area (Å²) < 4.78 is 28.6. The van der Waals surface area contributed by atoms with Crippen LogP contribution in [0.4, 0.5) is 0 Å². The van der Waals surface area contributed by atoms with E-state index in [1.54, 1.807) is 24.3 Å². The Morgan fingerprint density at radius 2 is 1.71 bits per heavy atom. The minimum atomic E-state index is -4.01. The third-order valence-electron chi connectivity index (χ3n) is 6.30. The van der Waals surface area contributed by atoms with Crippen molar-refractivity contribution in [2.24, 2.45) is 0 Å². The van der Waals surface area contributed by atoms with Gasteiger partial charge in [-0.3, -0.25) is 4.79 Å². The van der Waals surface area contributed by atoms with E-state index in [0.29, 0.717) is 12.8 Å². The van der Waals surface area contributed by atoms with E-state index in [4.69, 9.17) is 0 Å². The standard InChI is InChI=1S/C26H34N2O5S/c1-5-6-11-22(25(30)31)27-24(29)23-16-18-9-7-8-10-19(18)17-28(23)34(32,33)21-14-12-20(13-15-21)26(2,3)4/h7-10,12-15,22-23H,5-6,11,16-17H2,1-4H3,(H,27,29)(H,30,31)/t22?,23-/m0/s1. The molecule has 0 fully saturated rings. The molecule has 2 aromatic rings. The summed E-state index contributed by atoms with van der Waals surface area (Å²) in [4.78, 5) is 25.1. The van der Waals surface area contributed by atoms with Crippen LogP contribution in [0, 0.1) is 0 Å². The Hall–Kier alpha value is -2.71. The average Bonchev–Trinajstić information content (AvgIpc) is 2.80. The highest BCUT2D eigenvalue weighted by Crippen LogP contribution is 2.31. The van der Waals surface area contributed by atoms with E-state index in [9.17, 15) is 23.1 Å². The van der Waals surface area contributed by atoms with Gasteiger partial charge in [0.2, 0.25) is 15.9 Å². The Kier molecular flexibility index (Phi) is 7.83. The molecule has 0 saturated carbocycles. The van der Waals surface area contributed by atoms with Crippen molar-refractivity contribution in [3.05, 3.63) is 65.2 Å². The zero-order valence-electron chi connectivity index (χ0n) is 20.2. The normalized spacial score (nSPS) is 17.6. The van der Waals surface area contributed by atoms with Crippen LogP contribution in [0.1, 0.15) is 63.6 Å². The maximum absolute atomic E-state index is 13.7. The maximum Gasteiger partial charge on any atom is 0.326 e. The van der Waals surface area contributed by atoms with Crippen LogP contribution >= 0.6 is 0 Å². The van der Waals surface area contributed by atoms with Crippen LogP contribution in [0.3, 0.4) is 0 Å². The molecular weight excluding hydrogens is 452 g/mol. The number of fused-ring (bicyclic) bond motifs is 1. The van der Waals surface area contributed by atoms with Crippen molar-refractivity contribution in [1.29, 1.82) is 0 Å². The third kappa shape index (κ3) is 5.67. The van der Waals surface area contributed by atoms with E-state index < -0.39 is 34.0 Å². The number of aliphatic carboxylic acids is 1. The van der Waals surface area contributed by atoms with Gasteiger partial charge in [0.1, 0.15) is 12.1 Å². The summed E-state index contributed by atoms with van der Waals surface area (Å²) in [6, 6.07) is 12.1. The number of nitrogens with zero attached hydrogens (tertiary/aromatic N) is 1. The number of carbonyl (C=O) groups is 2. The molecule has 7 nitrogen and oxygen atoms in total. The lowest BCUT2D eigenvalue weighted by atomic mass is 9.87. The summed E-state index contributed by atoms with van der Waals surface area (Å²) >= 11 is 0. The van der Waals surface area contributed by atoms with Crippen molar-refractivity contribution in [2.45, 2.75) is 82.3 Å². The Morgan fingerprint density at radius 1 is 1.09 bits per heavy atom. The monoisotopic (exact) mass is 486 g/mol. The molecule has 1 aliphatic rings. The van der Waals surface area contributed by atoms with Gasteiger partial charge < -0.3 is 10.4 Å². The van der Waals surface area contributed by atoms with Crippen LogP contribution in [-0.4, -0.2) is 41.8 Å². The van der Waals surface area contributed by atoms with Crippen molar-refractivity contribution in [2.75, 3.05) is 0 Å². The third-order valence-corrected chi connectivity index (χ3v) is 8.16. The highest BCUT2D eigenvalue weighted by atomic mass is 32.2. The molecule has 0 spiro atoms. The predicted molar refractivity (Wildman–Crippen MR) is 131 cm³/mol. The Balaban J connectivity index is 1.96. The van der Waals surface area contributed by atoms with E-state index in [0.717, 1.165) is 23.1 Å². The number of unbranched alkanes of at least 4 members (excludes halogenated alkanes) is 1. The summed E-state index contributed by atoms with van der Waals surface area (Å²) in [5.74, 6) is -1.71. The lowest BCUT2D eigenvalue weighted by Gasteiger charge is -2.35. The molecule has 2 atom stereocenters. The molecule has 8 heteroatoms. The predicted octanol–water partition coefficient (Wildman–Crippen LogP) is 3.86. The molecule has 1 heterocycles. The SMILES string of the molecule is CCCCC(NC(=O)[C@@H]1Cc2ccccc2CN1S(=O)(=O)c1ccc(C(C)(C)C)cc1)C(=O)O. The summed E-state index contributed by atoms with van der Waals surface area (Å²) in [6.07, 6.45) is 1.91. The Morgan fingerprint density at radius 3 is 2.26 bits per heavy atom. The minimum absolute atomic E-state index is 0.0459. The number of hydrogen-bond donors (Lipinski definition) is 2. The van der Waals surface area contributed by atoms with E-state index in [-0.39, 0.29) is 23.3 Å². The maximum atomic E-state index is 13.7. The summed E-state index contributed by atoms with van der Waals surface area (Å²) in [7, 11) is -4.01. The van der Waals surface area contributed by atoms with E-state index in [1.165, 1.54) is 4.31 Å². The first kappa shape index (κ1) is 25.9. The second kappa shape index (κ2) is 10.3. The van der Waals surface area contributed by atoms with E-state index in [2.05, 4.69) is 26.1 Å². The first-order valence-corrected chi connectivity index (χ1v) is 13.1. The van der Waals surface area contributed by atoms with Crippen LogP contribution in [0.2, 0.25) is 0 Å². The van der Waals surface area contributed by atoms with Gasteiger partial charge in [-0.1, -0.05) is 76.9 Å². The molecular formula is C26H34N2O5S. The topological polar surface area (TPSA) is 104 Å². The number of carbonyl (C=O) groups excluding carboxylic acids is 1. The van der Waals surface area contributed by atoms with Crippen LogP contribution < -0.4 is 5.32 Å². The summed E-state index contributed by atoms with van der Waals surface area (Å²) in [5, 5.41) is 12.1. The largest absolute Gasteiger partial charge is 0.480 e. The molecule has 34 heavy (non-hydrogen) atoms. The van der Waals surface area contributed by atoms with Crippen LogP contribution in [-0.2, 0) is 38.0 Å². The molecule has 0 aromatic heterocycles. The van der Waals surface area contributed by atoms with Crippen LogP contribution in [0.5, 0.6) is 0 Å². The van der Waals surface area contributed by atoms with Crippen molar-refractivity contribution in [3.8, 4) is 0 Å². The number of nitrogens with one attached hydrogen (secondary N) is 1. The fourth-order valence-electron chi connectivity index (χ4n) is 4.17. The molecule has 0 aliphatic carbocycles. The number of rotatable bonds is 8. The zero-order valence-corrected chi connectivity index (χ0v) is 21.1. The molecule has 0 radical (unpaired) electrons. The highest BCUT2D eigenvalue weighted by molar-refractivity contribution is 7.89. The number of amides is 1. The van der Waals surface area contributed by atoms with Crippen molar-refractivity contribution < 1.29 is 23.1 Å². The minimum Gasteiger partial charge on any atom is -0.480 e. The van der Waals surface area contributed by atoms with Crippen LogP contribution in [0.15, 0.2) is 53.4 Å².